The van der Waals surface area contributed by atoms with E-state index in [1.54, 1.807) is 30.3 Å². The average molecular weight is 364 g/mol. The van der Waals surface area contributed by atoms with Crippen LogP contribution in [0.5, 0.6) is 0 Å². The second-order valence-electron chi connectivity index (χ2n) is 4.71. The van der Waals surface area contributed by atoms with Crippen molar-refractivity contribution in [2.75, 3.05) is 24.9 Å². The van der Waals surface area contributed by atoms with Crippen LogP contribution in [0.3, 0.4) is 0 Å². The van der Waals surface area contributed by atoms with Gasteiger partial charge in [-0.25, -0.2) is 9.59 Å². The van der Waals surface area contributed by atoms with Crippen LogP contribution in [0.1, 0.15) is 25.6 Å². The molecule has 1 aromatic heterocycles. The van der Waals surface area contributed by atoms with Crippen molar-refractivity contribution in [1.82, 2.24) is 0 Å². The molecule has 0 radical (unpaired) electrons. The van der Waals surface area contributed by atoms with Crippen molar-refractivity contribution in [3.05, 3.63) is 46.3 Å². The molecule has 0 bridgehead atoms. The summed E-state index contributed by atoms with van der Waals surface area (Å²) in [6, 6.07) is 8.56. The molecule has 1 aromatic carbocycles. The minimum atomic E-state index is -0.469. The van der Waals surface area contributed by atoms with Gasteiger partial charge in [-0.05, 0) is 37.3 Å². The van der Waals surface area contributed by atoms with Crippen LogP contribution in [0.15, 0.2) is 30.3 Å². The van der Waals surface area contributed by atoms with Crippen LogP contribution in [0.4, 0.5) is 10.7 Å². The van der Waals surface area contributed by atoms with E-state index in [1.807, 2.05) is 6.92 Å². The number of methoxy groups -OCH3 is 2. The maximum Gasteiger partial charge on any atom is 0.340 e. The smallest absolute Gasteiger partial charge is 0.340 e. The van der Waals surface area contributed by atoms with Gasteiger partial charge in [-0.15, -0.1) is 11.3 Å². The SMILES string of the molecule is COC(=O)c1ccccc1NC(=S)Nc1sc(C)cc1C(=O)OC. The quantitative estimate of drug-likeness (QED) is 0.636. The van der Waals surface area contributed by atoms with E-state index in [1.165, 1.54) is 25.6 Å². The molecule has 126 valence electrons. The number of thiophene rings is 1. The number of nitrogens with one attached hydrogen (secondary N) is 2. The molecule has 0 amide bonds. The van der Waals surface area contributed by atoms with Gasteiger partial charge in [0, 0.05) is 4.88 Å². The third-order valence-corrected chi connectivity index (χ3v) is 4.24. The first-order valence-electron chi connectivity index (χ1n) is 6.90. The fourth-order valence-corrected chi connectivity index (χ4v) is 3.19. The molecule has 0 saturated carbocycles. The van der Waals surface area contributed by atoms with Crippen molar-refractivity contribution in [3.63, 3.8) is 0 Å². The number of esters is 2. The molecular formula is C16H16N2O4S2. The largest absolute Gasteiger partial charge is 0.465 e. The summed E-state index contributed by atoms with van der Waals surface area (Å²) >= 11 is 6.65. The van der Waals surface area contributed by atoms with Gasteiger partial charge < -0.3 is 20.1 Å². The number of hydrogen-bond donors (Lipinski definition) is 2. The number of rotatable bonds is 4. The Morgan fingerprint density at radius 3 is 2.33 bits per heavy atom. The molecular weight excluding hydrogens is 348 g/mol. The fourth-order valence-electron chi connectivity index (χ4n) is 2.01. The summed E-state index contributed by atoms with van der Waals surface area (Å²) < 4.78 is 9.50. The molecule has 2 rings (SSSR count). The zero-order valence-corrected chi connectivity index (χ0v) is 15.0. The van der Waals surface area contributed by atoms with E-state index >= 15 is 0 Å². The van der Waals surface area contributed by atoms with Crippen molar-refractivity contribution in [2.24, 2.45) is 0 Å². The van der Waals surface area contributed by atoms with E-state index in [-0.39, 0.29) is 5.11 Å². The lowest BCUT2D eigenvalue weighted by atomic mass is 10.2. The van der Waals surface area contributed by atoms with Gasteiger partial charge in [0.2, 0.25) is 0 Å². The number of ether oxygens (including phenoxy) is 2. The first-order valence-corrected chi connectivity index (χ1v) is 8.12. The third-order valence-electron chi connectivity index (χ3n) is 3.07. The Bertz CT molecular complexity index is 786. The molecule has 0 fully saturated rings. The number of benzene rings is 1. The average Bonchev–Trinajstić information content (AvgIpc) is 2.94. The van der Waals surface area contributed by atoms with Crippen molar-refractivity contribution in [1.29, 1.82) is 0 Å². The van der Waals surface area contributed by atoms with E-state index < -0.39 is 11.9 Å². The standard InChI is InChI=1S/C16H16N2O4S2/c1-9-8-11(15(20)22-3)13(24-9)18-16(23)17-12-7-5-4-6-10(12)14(19)21-2/h4-8H,1-3H3,(H2,17,18,23). The molecule has 0 unspecified atom stereocenters. The van der Waals surface area contributed by atoms with Gasteiger partial charge in [0.05, 0.1) is 31.0 Å². The van der Waals surface area contributed by atoms with Gasteiger partial charge in [0.15, 0.2) is 5.11 Å². The molecule has 0 saturated heterocycles. The maximum atomic E-state index is 11.8. The Morgan fingerprint density at radius 2 is 1.67 bits per heavy atom. The van der Waals surface area contributed by atoms with E-state index in [9.17, 15) is 9.59 Å². The molecule has 1 heterocycles. The Kier molecular flexibility index (Phi) is 5.88. The zero-order valence-electron chi connectivity index (χ0n) is 13.3. The van der Waals surface area contributed by atoms with Crippen LogP contribution in [0, 0.1) is 6.92 Å². The second kappa shape index (κ2) is 7.89. The van der Waals surface area contributed by atoms with Crippen molar-refractivity contribution >= 4 is 51.3 Å². The highest BCUT2D eigenvalue weighted by Gasteiger charge is 2.17. The van der Waals surface area contributed by atoms with Gasteiger partial charge >= 0.3 is 11.9 Å². The summed E-state index contributed by atoms with van der Waals surface area (Å²) in [5.74, 6) is -0.914. The maximum absolute atomic E-state index is 11.8. The zero-order chi connectivity index (χ0) is 17.7. The summed E-state index contributed by atoms with van der Waals surface area (Å²) in [5, 5.41) is 6.73. The monoisotopic (exact) mass is 364 g/mol. The summed E-state index contributed by atoms with van der Waals surface area (Å²) in [7, 11) is 2.63. The number of carbonyl (C=O) groups is 2. The molecule has 0 spiro atoms. The molecule has 6 nitrogen and oxygen atoms in total. The molecule has 0 aliphatic rings. The van der Waals surface area contributed by atoms with Gasteiger partial charge in [-0.3, -0.25) is 0 Å². The molecule has 0 aliphatic heterocycles. The van der Waals surface area contributed by atoms with Crippen LogP contribution in [-0.4, -0.2) is 31.3 Å². The number of aryl methyl sites for hydroxylation is 1. The molecule has 2 aromatic rings. The Balaban J connectivity index is 2.18. The number of anilines is 2. The Morgan fingerprint density at radius 1 is 1.04 bits per heavy atom. The topological polar surface area (TPSA) is 76.7 Å². The van der Waals surface area contributed by atoms with Crippen molar-refractivity contribution in [3.8, 4) is 0 Å². The van der Waals surface area contributed by atoms with Crippen LogP contribution in [0.2, 0.25) is 0 Å². The Labute approximate surface area is 148 Å². The summed E-state index contributed by atoms with van der Waals surface area (Å²) in [6.07, 6.45) is 0. The van der Waals surface area contributed by atoms with Crippen LogP contribution in [0.25, 0.3) is 0 Å². The van der Waals surface area contributed by atoms with Crippen molar-refractivity contribution < 1.29 is 19.1 Å². The van der Waals surface area contributed by atoms with Crippen LogP contribution in [-0.2, 0) is 9.47 Å². The number of carbonyl (C=O) groups excluding carboxylic acids is 2. The van der Waals surface area contributed by atoms with E-state index in [0.717, 1.165) is 4.88 Å². The lowest BCUT2D eigenvalue weighted by Crippen LogP contribution is -2.21. The minimum absolute atomic E-state index is 0.248. The van der Waals surface area contributed by atoms with Gasteiger partial charge in [0.25, 0.3) is 0 Å². The van der Waals surface area contributed by atoms with Crippen LogP contribution < -0.4 is 10.6 Å². The van der Waals surface area contributed by atoms with E-state index in [0.29, 0.717) is 21.8 Å². The normalized spacial score (nSPS) is 9.96. The van der Waals surface area contributed by atoms with Crippen molar-refractivity contribution in [2.45, 2.75) is 6.92 Å². The summed E-state index contributed by atoms with van der Waals surface area (Å²) in [5.41, 5.74) is 1.28. The first-order chi connectivity index (χ1) is 11.5. The molecule has 0 aliphatic carbocycles. The van der Waals surface area contributed by atoms with E-state index in [2.05, 4.69) is 10.6 Å². The van der Waals surface area contributed by atoms with Gasteiger partial charge in [-0.2, -0.15) is 0 Å². The minimum Gasteiger partial charge on any atom is -0.465 e. The van der Waals surface area contributed by atoms with E-state index in [4.69, 9.17) is 21.7 Å². The predicted molar refractivity (Wildman–Crippen MR) is 98.0 cm³/mol. The Hall–Kier alpha value is -2.45. The lowest BCUT2D eigenvalue weighted by Gasteiger charge is -2.13. The van der Waals surface area contributed by atoms with Gasteiger partial charge in [-0.1, -0.05) is 12.1 Å². The molecule has 24 heavy (non-hydrogen) atoms. The number of thiocarbonyl (C=S) groups is 1. The van der Waals surface area contributed by atoms with Gasteiger partial charge in [0.1, 0.15) is 5.00 Å². The molecule has 8 heteroatoms. The highest BCUT2D eigenvalue weighted by molar-refractivity contribution is 7.80. The highest BCUT2D eigenvalue weighted by atomic mass is 32.1. The first kappa shape index (κ1) is 17.9. The second-order valence-corrected chi connectivity index (χ2v) is 6.37. The third kappa shape index (κ3) is 4.09. The fraction of sp³-hybridized carbons (Fsp3) is 0.188. The predicted octanol–water partition coefficient (Wildman–Crippen LogP) is 3.44. The summed E-state index contributed by atoms with van der Waals surface area (Å²) in [4.78, 5) is 24.5. The lowest BCUT2D eigenvalue weighted by molar-refractivity contribution is 0.0593. The van der Waals surface area contributed by atoms with Crippen LogP contribution >= 0.6 is 23.6 Å². The number of hydrogen-bond acceptors (Lipinski definition) is 6. The number of para-hydroxylation sites is 1. The summed E-state index contributed by atoms with van der Waals surface area (Å²) in [6.45, 7) is 1.88. The molecule has 0 atom stereocenters. The highest BCUT2D eigenvalue weighted by Crippen LogP contribution is 2.28. The molecule has 2 N–H and O–H groups in total.